The van der Waals surface area contributed by atoms with E-state index in [4.69, 9.17) is 15.9 Å². The number of primary amides is 1. The van der Waals surface area contributed by atoms with Gasteiger partial charge in [0.15, 0.2) is 12.0 Å². The Morgan fingerprint density at radius 2 is 2.35 bits per heavy atom. The van der Waals surface area contributed by atoms with Crippen LogP contribution in [0.25, 0.3) is 11.1 Å². The molecule has 0 bridgehead atoms. The predicted molar refractivity (Wildman–Crippen MR) is 64.6 cm³/mol. The molecule has 6 heteroatoms. The van der Waals surface area contributed by atoms with Crippen molar-refractivity contribution in [2.24, 2.45) is 11.5 Å². The fraction of sp³-hybridized carbons (Fsp3) is 0.273. The number of fused-ring (bicyclic) bond motifs is 1. The van der Waals surface area contributed by atoms with Crippen LogP contribution in [-0.4, -0.2) is 23.6 Å². The van der Waals surface area contributed by atoms with Gasteiger partial charge in [-0.15, -0.1) is 0 Å². The Morgan fingerprint density at radius 1 is 1.59 bits per heavy atom. The molecule has 0 spiro atoms. The predicted octanol–water partition coefficient (Wildman–Crippen LogP) is 1.06. The van der Waals surface area contributed by atoms with E-state index in [1.54, 1.807) is 18.2 Å². The van der Waals surface area contributed by atoms with E-state index in [0.29, 0.717) is 23.3 Å². The zero-order valence-electron chi connectivity index (χ0n) is 9.46. The van der Waals surface area contributed by atoms with Gasteiger partial charge in [-0.25, -0.2) is 9.78 Å². The Balaban J connectivity index is 2.37. The van der Waals surface area contributed by atoms with E-state index >= 15 is 0 Å². The van der Waals surface area contributed by atoms with E-state index in [2.05, 4.69) is 4.98 Å². The van der Waals surface area contributed by atoms with Crippen LogP contribution < -0.4 is 16.4 Å². The lowest BCUT2D eigenvalue weighted by atomic mass is 10.2. The maximum atomic E-state index is 11.4. The Morgan fingerprint density at radius 3 is 3.00 bits per heavy atom. The highest BCUT2D eigenvalue weighted by molar-refractivity contribution is 5.92. The number of urea groups is 1. The summed E-state index contributed by atoms with van der Waals surface area (Å²) in [7, 11) is 0. The maximum Gasteiger partial charge on any atom is 0.319 e. The highest BCUT2D eigenvalue weighted by Gasteiger charge is 2.15. The Kier molecular flexibility index (Phi) is 2.97. The number of carbonyl (C=O) groups is 1. The second-order valence-electron chi connectivity index (χ2n) is 3.93. The van der Waals surface area contributed by atoms with Crippen LogP contribution in [0.1, 0.15) is 6.92 Å². The van der Waals surface area contributed by atoms with Gasteiger partial charge in [-0.1, -0.05) is 0 Å². The number of oxazole rings is 1. The summed E-state index contributed by atoms with van der Waals surface area (Å²) in [5, 5.41) is 0. The topological polar surface area (TPSA) is 98.4 Å². The molecule has 1 aromatic heterocycles. The van der Waals surface area contributed by atoms with Crippen LogP contribution >= 0.6 is 0 Å². The van der Waals surface area contributed by atoms with Gasteiger partial charge < -0.3 is 15.9 Å². The fourth-order valence-corrected chi connectivity index (χ4v) is 1.62. The first-order valence-corrected chi connectivity index (χ1v) is 5.23. The quantitative estimate of drug-likeness (QED) is 0.829. The standard InChI is InChI=1S/C11H14N4O2/c1-7(12)5-15(11(13)16)8-2-3-10-9(4-8)14-6-17-10/h2-4,6-7H,5,12H2,1H3,(H2,13,16). The summed E-state index contributed by atoms with van der Waals surface area (Å²) >= 11 is 0. The number of benzene rings is 1. The molecule has 0 saturated carbocycles. The Bertz CT molecular complexity index is 535. The second kappa shape index (κ2) is 4.42. The van der Waals surface area contributed by atoms with Crippen molar-refractivity contribution < 1.29 is 9.21 Å². The number of aromatic nitrogens is 1. The van der Waals surface area contributed by atoms with Crippen molar-refractivity contribution in [1.29, 1.82) is 0 Å². The SMILES string of the molecule is CC(N)CN(C(N)=O)c1ccc2ocnc2c1. The minimum Gasteiger partial charge on any atom is -0.443 e. The van der Waals surface area contributed by atoms with Gasteiger partial charge >= 0.3 is 6.03 Å². The molecule has 0 aliphatic rings. The molecule has 2 rings (SSSR count). The zero-order valence-corrected chi connectivity index (χ0v) is 9.46. The van der Waals surface area contributed by atoms with Crippen LogP contribution in [0.4, 0.5) is 10.5 Å². The van der Waals surface area contributed by atoms with Crippen molar-refractivity contribution in [2.75, 3.05) is 11.4 Å². The Labute approximate surface area is 98.2 Å². The molecule has 1 aromatic carbocycles. The molecule has 1 atom stereocenters. The van der Waals surface area contributed by atoms with Gasteiger partial charge in [0, 0.05) is 18.3 Å². The number of rotatable bonds is 3. The summed E-state index contributed by atoms with van der Waals surface area (Å²) < 4.78 is 5.12. The van der Waals surface area contributed by atoms with Gasteiger partial charge in [0.25, 0.3) is 0 Å². The summed E-state index contributed by atoms with van der Waals surface area (Å²) in [4.78, 5) is 16.8. The van der Waals surface area contributed by atoms with Crippen molar-refractivity contribution in [3.63, 3.8) is 0 Å². The highest BCUT2D eigenvalue weighted by atomic mass is 16.3. The number of amides is 2. The molecule has 1 unspecified atom stereocenters. The van der Waals surface area contributed by atoms with Gasteiger partial charge in [0.1, 0.15) is 5.52 Å². The molecule has 0 aliphatic carbocycles. The van der Waals surface area contributed by atoms with E-state index in [9.17, 15) is 4.79 Å². The van der Waals surface area contributed by atoms with Crippen molar-refractivity contribution in [3.05, 3.63) is 24.6 Å². The third kappa shape index (κ3) is 2.36. The van der Waals surface area contributed by atoms with Crippen molar-refractivity contribution in [3.8, 4) is 0 Å². The number of anilines is 1. The summed E-state index contributed by atoms with van der Waals surface area (Å²) in [6, 6.07) is 4.54. The van der Waals surface area contributed by atoms with Crippen LogP contribution in [0.5, 0.6) is 0 Å². The summed E-state index contributed by atoms with van der Waals surface area (Å²) in [5.74, 6) is 0. The first-order chi connectivity index (χ1) is 8.08. The summed E-state index contributed by atoms with van der Waals surface area (Å²) in [5.41, 5.74) is 13.0. The second-order valence-corrected chi connectivity index (χ2v) is 3.93. The lowest BCUT2D eigenvalue weighted by molar-refractivity contribution is 0.253. The third-order valence-corrected chi connectivity index (χ3v) is 2.36. The normalized spacial score (nSPS) is 12.6. The molecule has 6 nitrogen and oxygen atoms in total. The van der Waals surface area contributed by atoms with Gasteiger partial charge in [0.2, 0.25) is 0 Å². The largest absolute Gasteiger partial charge is 0.443 e. The van der Waals surface area contributed by atoms with Crippen LogP contribution in [0.3, 0.4) is 0 Å². The van der Waals surface area contributed by atoms with E-state index in [1.807, 2.05) is 6.92 Å². The third-order valence-electron chi connectivity index (χ3n) is 2.36. The molecule has 90 valence electrons. The fourth-order valence-electron chi connectivity index (χ4n) is 1.62. The first-order valence-electron chi connectivity index (χ1n) is 5.23. The number of hydrogen-bond donors (Lipinski definition) is 2. The van der Waals surface area contributed by atoms with Gasteiger partial charge in [-0.3, -0.25) is 4.90 Å². The maximum absolute atomic E-state index is 11.4. The minimum atomic E-state index is -0.537. The summed E-state index contributed by atoms with van der Waals surface area (Å²) in [6.07, 6.45) is 1.36. The number of nitrogens with zero attached hydrogens (tertiary/aromatic N) is 2. The zero-order chi connectivity index (χ0) is 12.4. The smallest absolute Gasteiger partial charge is 0.319 e. The van der Waals surface area contributed by atoms with Crippen molar-refractivity contribution in [2.45, 2.75) is 13.0 Å². The molecule has 0 saturated heterocycles. The molecule has 2 aromatic rings. The van der Waals surface area contributed by atoms with Crippen LogP contribution in [0.15, 0.2) is 29.0 Å². The average Bonchev–Trinajstić information content (AvgIpc) is 2.72. The van der Waals surface area contributed by atoms with E-state index in [0.717, 1.165) is 0 Å². The molecular formula is C11H14N4O2. The van der Waals surface area contributed by atoms with E-state index in [1.165, 1.54) is 11.3 Å². The van der Waals surface area contributed by atoms with Crippen LogP contribution in [0.2, 0.25) is 0 Å². The number of carbonyl (C=O) groups excluding carboxylic acids is 1. The molecular weight excluding hydrogens is 220 g/mol. The molecule has 17 heavy (non-hydrogen) atoms. The number of nitrogens with two attached hydrogens (primary N) is 2. The first kappa shape index (κ1) is 11.4. The highest BCUT2D eigenvalue weighted by Crippen LogP contribution is 2.21. The van der Waals surface area contributed by atoms with Gasteiger partial charge in [-0.05, 0) is 25.1 Å². The van der Waals surface area contributed by atoms with Gasteiger partial charge in [-0.2, -0.15) is 0 Å². The minimum absolute atomic E-state index is 0.157. The summed E-state index contributed by atoms with van der Waals surface area (Å²) in [6.45, 7) is 2.17. The molecule has 0 aliphatic heterocycles. The van der Waals surface area contributed by atoms with Crippen molar-refractivity contribution >= 4 is 22.8 Å². The average molecular weight is 234 g/mol. The molecule has 0 fully saturated rings. The van der Waals surface area contributed by atoms with Crippen LogP contribution in [-0.2, 0) is 0 Å². The van der Waals surface area contributed by atoms with E-state index in [-0.39, 0.29) is 6.04 Å². The monoisotopic (exact) mass is 234 g/mol. The molecule has 0 radical (unpaired) electrons. The molecule has 4 N–H and O–H groups in total. The Hall–Kier alpha value is -2.08. The van der Waals surface area contributed by atoms with E-state index < -0.39 is 6.03 Å². The van der Waals surface area contributed by atoms with Crippen molar-refractivity contribution in [1.82, 2.24) is 4.98 Å². The lowest BCUT2D eigenvalue weighted by Gasteiger charge is -2.22. The molecule has 1 heterocycles. The lowest BCUT2D eigenvalue weighted by Crippen LogP contribution is -2.42. The number of hydrogen-bond acceptors (Lipinski definition) is 4. The molecule has 2 amide bonds. The van der Waals surface area contributed by atoms with Crippen LogP contribution in [0, 0.1) is 0 Å². The van der Waals surface area contributed by atoms with Gasteiger partial charge in [0.05, 0.1) is 0 Å².